The van der Waals surface area contributed by atoms with Crippen molar-refractivity contribution in [3.63, 3.8) is 0 Å². The van der Waals surface area contributed by atoms with E-state index in [4.69, 9.17) is 21.1 Å². The summed E-state index contributed by atoms with van der Waals surface area (Å²) in [4.78, 5) is 35.2. The molecule has 0 bridgehead atoms. The van der Waals surface area contributed by atoms with E-state index >= 15 is 0 Å². The third kappa shape index (κ3) is 6.87. The van der Waals surface area contributed by atoms with Crippen LogP contribution in [0.1, 0.15) is 22.8 Å². The molecule has 0 unspecified atom stereocenters. The highest BCUT2D eigenvalue weighted by Gasteiger charge is 2.12. The second kappa shape index (κ2) is 11.4. The van der Waals surface area contributed by atoms with Gasteiger partial charge in [0.1, 0.15) is 17.4 Å². The summed E-state index contributed by atoms with van der Waals surface area (Å²) in [6.45, 7) is 1.64. The van der Waals surface area contributed by atoms with Crippen molar-refractivity contribution in [1.82, 2.24) is 0 Å². The fourth-order valence-corrected chi connectivity index (χ4v) is 2.63. The molecule has 0 atom stereocenters. The first kappa shape index (κ1) is 23.4. The summed E-state index contributed by atoms with van der Waals surface area (Å²) in [7, 11) is 1.27. The van der Waals surface area contributed by atoms with Crippen LogP contribution in [0.15, 0.2) is 48.0 Å². The Kier molecular flexibility index (Phi) is 8.61. The van der Waals surface area contributed by atoms with E-state index in [9.17, 15) is 19.6 Å². The van der Waals surface area contributed by atoms with Crippen molar-refractivity contribution < 1.29 is 28.6 Å². The molecule has 0 saturated heterocycles. The van der Waals surface area contributed by atoms with Crippen molar-refractivity contribution in [3.05, 3.63) is 64.2 Å². The van der Waals surface area contributed by atoms with Gasteiger partial charge in [0.25, 0.3) is 5.91 Å². The number of rotatable bonds is 8. The molecule has 1 amide bonds. The number of esters is 2. The van der Waals surface area contributed by atoms with Gasteiger partial charge in [0, 0.05) is 5.69 Å². The molecule has 0 spiro atoms. The molecule has 0 heterocycles. The van der Waals surface area contributed by atoms with E-state index in [1.165, 1.54) is 49.6 Å². The predicted octanol–water partition coefficient (Wildman–Crippen LogP) is 3.61. The van der Waals surface area contributed by atoms with E-state index in [0.29, 0.717) is 16.8 Å². The largest absolute Gasteiger partial charge is 0.480 e. The van der Waals surface area contributed by atoms with Crippen LogP contribution >= 0.6 is 11.6 Å². The van der Waals surface area contributed by atoms with E-state index in [0.717, 1.165) is 0 Å². The van der Waals surface area contributed by atoms with Gasteiger partial charge in [0.15, 0.2) is 6.61 Å². The van der Waals surface area contributed by atoms with Crippen molar-refractivity contribution in [3.8, 4) is 11.8 Å². The number of halogens is 1. The van der Waals surface area contributed by atoms with Crippen LogP contribution in [-0.4, -0.2) is 38.2 Å². The highest BCUT2D eigenvalue weighted by atomic mass is 35.5. The molecule has 2 rings (SSSR count). The highest BCUT2D eigenvalue weighted by Crippen LogP contribution is 2.26. The zero-order chi connectivity index (χ0) is 22.8. The lowest BCUT2D eigenvalue weighted by atomic mass is 10.1. The third-order valence-corrected chi connectivity index (χ3v) is 4.14. The lowest BCUT2D eigenvalue weighted by Crippen LogP contribution is -2.14. The van der Waals surface area contributed by atoms with Crippen molar-refractivity contribution in [2.45, 2.75) is 6.92 Å². The minimum Gasteiger partial charge on any atom is -0.480 e. The highest BCUT2D eigenvalue weighted by molar-refractivity contribution is 6.32. The number of nitrogens with one attached hydrogen (secondary N) is 1. The lowest BCUT2D eigenvalue weighted by molar-refractivity contribution is -0.145. The summed E-state index contributed by atoms with van der Waals surface area (Å²) in [5.74, 6) is -1.39. The molecule has 0 aliphatic heterocycles. The number of carbonyl (C=O) groups is 3. The number of hydrogen-bond acceptors (Lipinski definition) is 7. The van der Waals surface area contributed by atoms with Crippen LogP contribution < -0.4 is 10.1 Å². The zero-order valence-electron chi connectivity index (χ0n) is 16.8. The van der Waals surface area contributed by atoms with E-state index in [-0.39, 0.29) is 29.6 Å². The van der Waals surface area contributed by atoms with Crippen molar-refractivity contribution in [2.24, 2.45) is 0 Å². The molecule has 0 aliphatic rings. The first-order valence-electron chi connectivity index (χ1n) is 9.07. The summed E-state index contributed by atoms with van der Waals surface area (Å²) >= 11 is 6.15. The zero-order valence-corrected chi connectivity index (χ0v) is 17.6. The molecular formula is C22H19ClN2O6. The van der Waals surface area contributed by atoms with Crippen molar-refractivity contribution in [2.75, 3.05) is 25.6 Å². The molecule has 2 aromatic rings. The predicted molar refractivity (Wildman–Crippen MR) is 114 cm³/mol. The van der Waals surface area contributed by atoms with Crippen molar-refractivity contribution >= 4 is 41.2 Å². The molecule has 0 aromatic heterocycles. The number of benzene rings is 2. The van der Waals surface area contributed by atoms with E-state index < -0.39 is 17.8 Å². The number of carbonyl (C=O) groups excluding carboxylic acids is 3. The molecule has 160 valence electrons. The Balaban J connectivity index is 2.09. The molecule has 2 aromatic carbocycles. The van der Waals surface area contributed by atoms with Gasteiger partial charge in [-0.2, -0.15) is 5.26 Å². The van der Waals surface area contributed by atoms with Crippen LogP contribution in [0.2, 0.25) is 5.02 Å². The van der Waals surface area contributed by atoms with Crippen LogP contribution in [0.25, 0.3) is 6.08 Å². The lowest BCUT2D eigenvalue weighted by Gasteiger charge is -2.08. The Labute approximate surface area is 184 Å². The van der Waals surface area contributed by atoms with Crippen LogP contribution in [0.5, 0.6) is 5.75 Å². The summed E-state index contributed by atoms with van der Waals surface area (Å²) in [5, 5.41) is 12.1. The molecule has 0 radical (unpaired) electrons. The van der Waals surface area contributed by atoms with Gasteiger partial charge in [0.2, 0.25) is 0 Å². The fraction of sp³-hybridized carbons (Fsp3) is 0.182. The molecule has 8 nitrogen and oxygen atoms in total. The Morgan fingerprint density at radius 1 is 1.16 bits per heavy atom. The van der Waals surface area contributed by atoms with Crippen LogP contribution in [0.3, 0.4) is 0 Å². The second-order valence-corrected chi connectivity index (χ2v) is 6.38. The number of hydrogen-bond donors (Lipinski definition) is 1. The molecule has 0 fully saturated rings. The number of anilines is 1. The molecule has 9 heteroatoms. The minimum atomic E-state index is -0.632. The maximum atomic E-state index is 12.4. The number of amides is 1. The molecular weight excluding hydrogens is 424 g/mol. The minimum absolute atomic E-state index is 0.159. The van der Waals surface area contributed by atoms with Crippen LogP contribution in [-0.2, 0) is 19.1 Å². The normalized spacial score (nSPS) is 10.6. The van der Waals surface area contributed by atoms with Crippen LogP contribution in [0, 0.1) is 11.3 Å². The van der Waals surface area contributed by atoms with Crippen molar-refractivity contribution in [1.29, 1.82) is 5.26 Å². The summed E-state index contributed by atoms with van der Waals surface area (Å²) in [6, 6.07) is 12.5. The fourth-order valence-electron chi connectivity index (χ4n) is 2.38. The second-order valence-electron chi connectivity index (χ2n) is 5.98. The molecule has 1 N–H and O–H groups in total. The maximum Gasteiger partial charge on any atom is 0.344 e. The van der Waals surface area contributed by atoms with Gasteiger partial charge in [-0.1, -0.05) is 17.7 Å². The Hall–Kier alpha value is -3.83. The van der Waals surface area contributed by atoms with Gasteiger partial charge in [0.05, 0.1) is 24.3 Å². The van der Waals surface area contributed by atoms with Gasteiger partial charge in [-0.3, -0.25) is 4.79 Å². The Morgan fingerprint density at radius 3 is 2.45 bits per heavy atom. The van der Waals surface area contributed by atoms with Gasteiger partial charge < -0.3 is 19.5 Å². The molecule has 0 saturated carbocycles. The first-order chi connectivity index (χ1) is 14.9. The van der Waals surface area contributed by atoms with Crippen LogP contribution in [0.4, 0.5) is 5.69 Å². The maximum absolute atomic E-state index is 12.4. The molecule has 31 heavy (non-hydrogen) atoms. The van der Waals surface area contributed by atoms with E-state index in [1.807, 2.05) is 6.07 Å². The van der Waals surface area contributed by atoms with Gasteiger partial charge in [-0.15, -0.1) is 0 Å². The monoisotopic (exact) mass is 442 g/mol. The standard InChI is InChI=1S/C22H19ClN2O6/c1-3-30-20(26)13-31-19-9-4-14(11-18(19)23)10-16(12-24)21(27)25-17-7-5-15(6-8-17)22(28)29-2/h4-11H,3,13H2,1-2H3,(H,25,27)/b16-10+. The average molecular weight is 443 g/mol. The van der Waals surface area contributed by atoms with E-state index in [1.54, 1.807) is 13.0 Å². The SMILES string of the molecule is CCOC(=O)COc1ccc(/C=C(\C#N)C(=O)Nc2ccc(C(=O)OC)cc2)cc1Cl. The van der Waals surface area contributed by atoms with Gasteiger partial charge in [-0.25, -0.2) is 9.59 Å². The quantitative estimate of drug-likeness (QED) is 0.377. The smallest absolute Gasteiger partial charge is 0.344 e. The topological polar surface area (TPSA) is 115 Å². The number of methoxy groups -OCH3 is 1. The summed E-state index contributed by atoms with van der Waals surface area (Å²) in [5.41, 5.74) is 1.06. The van der Waals surface area contributed by atoms with E-state index in [2.05, 4.69) is 10.1 Å². The van der Waals surface area contributed by atoms with Gasteiger partial charge in [-0.05, 0) is 55.0 Å². The molecule has 0 aliphatic carbocycles. The Morgan fingerprint density at radius 2 is 1.87 bits per heavy atom. The average Bonchev–Trinajstić information content (AvgIpc) is 2.77. The number of nitrogens with zero attached hydrogens (tertiary/aromatic N) is 1. The number of nitriles is 1. The van der Waals surface area contributed by atoms with Gasteiger partial charge >= 0.3 is 11.9 Å². The Bertz CT molecular complexity index is 1040. The first-order valence-corrected chi connectivity index (χ1v) is 9.45. The number of ether oxygens (including phenoxy) is 3. The summed E-state index contributed by atoms with van der Waals surface area (Å²) < 4.78 is 14.7. The third-order valence-electron chi connectivity index (χ3n) is 3.85. The summed E-state index contributed by atoms with van der Waals surface area (Å²) in [6.07, 6.45) is 1.36.